The van der Waals surface area contributed by atoms with Crippen LogP contribution in [0.1, 0.15) is 0 Å². The van der Waals surface area contributed by atoms with Crippen molar-refractivity contribution in [3.05, 3.63) is 10.8 Å². The minimum Gasteiger partial charge on any atom is -0.450 e. The molecule has 0 spiro atoms. The van der Waals surface area contributed by atoms with E-state index < -0.39 is 6.16 Å². The number of carbonyl (C=O) groups is 1. The molecule has 0 unspecified atom stereocenters. The first-order valence-electron chi connectivity index (χ1n) is 1.79. The highest BCUT2D eigenvalue weighted by Crippen LogP contribution is 2.42. The van der Waals surface area contributed by atoms with Gasteiger partial charge in [0.15, 0.2) is 0 Å². The fourth-order valence-electron chi connectivity index (χ4n) is 0.113. The summed E-state index contributed by atoms with van der Waals surface area (Å²) in [5, 5.41) is 18.1. The van der Waals surface area contributed by atoms with E-state index in [1.807, 2.05) is 0 Å². The van der Waals surface area contributed by atoms with Crippen molar-refractivity contribution in [1.29, 1.82) is 0 Å². The van der Waals surface area contributed by atoms with Crippen molar-refractivity contribution in [3.8, 4) is 0 Å². The molecule has 0 saturated heterocycles. The van der Waals surface area contributed by atoms with Crippen LogP contribution in [0, 0.1) is 0 Å². The van der Waals surface area contributed by atoms with Crippen molar-refractivity contribution < 1.29 is 15.0 Å². The summed E-state index contributed by atoms with van der Waals surface area (Å²) in [6.45, 7) is 0. The van der Waals surface area contributed by atoms with E-state index in [4.69, 9.17) is 15.0 Å². The monoisotopic (exact) mass is 184 g/mol. The van der Waals surface area contributed by atoms with Gasteiger partial charge in [-0.2, -0.15) is 0 Å². The molecule has 2 N–H and O–H groups in total. The molecule has 1 heterocycles. The van der Waals surface area contributed by atoms with Gasteiger partial charge < -0.3 is 10.2 Å². The molecule has 6 heteroatoms. The predicted molar refractivity (Wildman–Crippen MR) is 42.6 cm³/mol. The molecule has 0 aromatic carbocycles. The zero-order valence-corrected chi connectivity index (χ0v) is 6.63. The molecular weight excluding hydrogens is 180 g/mol. The van der Waals surface area contributed by atoms with E-state index in [2.05, 4.69) is 10.8 Å². The molecule has 0 saturated carbocycles. The number of rotatable bonds is 0. The van der Waals surface area contributed by atoms with Crippen LogP contribution in [0.25, 0.3) is 0 Å². The van der Waals surface area contributed by atoms with Gasteiger partial charge in [-0.05, 0) is 20.6 Å². The second-order valence-electron chi connectivity index (χ2n) is 0.815. The van der Waals surface area contributed by atoms with Crippen molar-refractivity contribution in [3.63, 3.8) is 0 Å². The second kappa shape index (κ2) is 6.18. The first-order valence-corrected chi connectivity index (χ1v) is 5.40. The van der Waals surface area contributed by atoms with Gasteiger partial charge in [0.2, 0.25) is 0 Å². The van der Waals surface area contributed by atoms with Gasteiger partial charge in [0.1, 0.15) is 0 Å². The lowest BCUT2D eigenvalue weighted by molar-refractivity contribution is 0.137. The Morgan fingerprint density at radius 1 is 1.22 bits per heavy atom. The highest BCUT2D eigenvalue weighted by atomic mass is 33.5. The lowest BCUT2D eigenvalue weighted by Crippen LogP contribution is -1.81. The maximum atomic E-state index is 8.56. The Balaban J connectivity index is 0.000000148. The molecule has 0 atom stereocenters. The molecular formula is C3H4O3S3. The quantitative estimate of drug-likeness (QED) is 0.564. The van der Waals surface area contributed by atoms with E-state index in [1.165, 1.54) is 0 Å². The summed E-state index contributed by atoms with van der Waals surface area (Å²) in [6, 6.07) is 0. The zero-order chi connectivity index (χ0) is 7.11. The topological polar surface area (TPSA) is 57.5 Å². The zero-order valence-electron chi connectivity index (χ0n) is 4.18. The maximum Gasteiger partial charge on any atom is 0.503 e. The van der Waals surface area contributed by atoms with Crippen LogP contribution in [-0.2, 0) is 0 Å². The SMILES string of the molecule is C1=CSSS1.O=C(O)O. The number of hydrogen-bond donors (Lipinski definition) is 2. The van der Waals surface area contributed by atoms with Crippen LogP contribution in [0.4, 0.5) is 4.79 Å². The molecule has 1 rings (SSSR count). The molecule has 0 aliphatic carbocycles. The summed E-state index contributed by atoms with van der Waals surface area (Å²) in [7, 11) is 5.34. The van der Waals surface area contributed by atoms with Gasteiger partial charge in [-0.15, -0.1) is 0 Å². The molecule has 52 valence electrons. The Bertz CT molecular complexity index is 103. The summed E-state index contributed by atoms with van der Waals surface area (Å²) in [6.07, 6.45) is -1.83. The average molecular weight is 184 g/mol. The third-order valence-corrected chi connectivity index (χ3v) is 3.62. The number of hydrogen-bond acceptors (Lipinski definition) is 4. The van der Waals surface area contributed by atoms with E-state index >= 15 is 0 Å². The first kappa shape index (κ1) is 9.06. The molecule has 3 nitrogen and oxygen atoms in total. The Morgan fingerprint density at radius 3 is 1.67 bits per heavy atom. The van der Waals surface area contributed by atoms with E-state index in [1.54, 1.807) is 31.4 Å². The number of carboxylic acid groups (broad SMARTS) is 2. The lowest BCUT2D eigenvalue weighted by Gasteiger charge is -1.68. The van der Waals surface area contributed by atoms with Crippen LogP contribution in [0.2, 0.25) is 0 Å². The molecule has 1 aliphatic rings. The standard InChI is InChI=1S/C2H2S3.CH2O3/c1-2-4-5-3-1;2-1(3)4/h1-2H;(H2,2,3,4). The highest BCUT2D eigenvalue weighted by molar-refractivity contribution is 9.11. The summed E-state index contributed by atoms with van der Waals surface area (Å²) in [5.41, 5.74) is 0. The largest absolute Gasteiger partial charge is 0.503 e. The molecule has 1 aliphatic heterocycles. The van der Waals surface area contributed by atoms with Crippen LogP contribution >= 0.6 is 31.4 Å². The van der Waals surface area contributed by atoms with E-state index in [9.17, 15) is 0 Å². The summed E-state index contributed by atoms with van der Waals surface area (Å²) >= 11 is 0. The van der Waals surface area contributed by atoms with Crippen molar-refractivity contribution in [2.24, 2.45) is 0 Å². The minimum atomic E-state index is -1.83. The van der Waals surface area contributed by atoms with Crippen molar-refractivity contribution in [2.75, 3.05) is 0 Å². The van der Waals surface area contributed by atoms with Gasteiger partial charge in [0.05, 0.1) is 0 Å². The van der Waals surface area contributed by atoms with Gasteiger partial charge in [-0.25, -0.2) is 4.79 Å². The Morgan fingerprint density at radius 2 is 1.56 bits per heavy atom. The smallest absolute Gasteiger partial charge is 0.450 e. The maximum absolute atomic E-state index is 8.56. The van der Waals surface area contributed by atoms with Gasteiger partial charge >= 0.3 is 6.16 Å². The second-order valence-corrected chi connectivity index (χ2v) is 4.67. The van der Waals surface area contributed by atoms with Crippen molar-refractivity contribution in [1.82, 2.24) is 0 Å². The van der Waals surface area contributed by atoms with Gasteiger partial charge in [0, 0.05) is 0 Å². The summed E-state index contributed by atoms with van der Waals surface area (Å²) in [4.78, 5) is 8.56. The lowest BCUT2D eigenvalue weighted by atomic mass is 11.3. The first-order chi connectivity index (χ1) is 4.23. The van der Waals surface area contributed by atoms with E-state index in [0.717, 1.165) is 0 Å². The summed E-state index contributed by atoms with van der Waals surface area (Å²) in [5.74, 6) is 0. The van der Waals surface area contributed by atoms with Gasteiger partial charge in [-0.3, -0.25) is 0 Å². The van der Waals surface area contributed by atoms with Gasteiger partial charge in [-0.1, -0.05) is 21.6 Å². The van der Waals surface area contributed by atoms with Crippen LogP contribution in [0.3, 0.4) is 0 Å². The van der Waals surface area contributed by atoms with Crippen molar-refractivity contribution >= 4 is 37.6 Å². The van der Waals surface area contributed by atoms with E-state index in [-0.39, 0.29) is 0 Å². The van der Waals surface area contributed by atoms with E-state index in [0.29, 0.717) is 0 Å². The molecule has 0 aromatic heterocycles. The summed E-state index contributed by atoms with van der Waals surface area (Å²) < 4.78 is 0. The molecule has 0 bridgehead atoms. The third kappa shape index (κ3) is 11.6. The predicted octanol–water partition coefficient (Wildman–Crippen LogP) is 2.72. The molecule has 0 amide bonds. The van der Waals surface area contributed by atoms with Crippen molar-refractivity contribution in [2.45, 2.75) is 0 Å². The fourth-order valence-corrected chi connectivity index (χ4v) is 3.06. The average Bonchev–Trinajstić information content (AvgIpc) is 2.11. The Labute approximate surface area is 63.7 Å². The van der Waals surface area contributed by atoms with Crippen LogP contribution in [0.15, 0.2) is 10.8 Å². The normalized spacial score (nSPS) is 14.2. The van der Waals surface area contributed by atoms with Gasteiger partial charge in [0.25, 0.3) is 0 Å². The Kier molecular flexibility index (Phi) is 6.23. The molecule has 9 heavy (non-hydrogen) atoms. The van der Waals surface area contributed by atoms with Crippen LogP contribution in [0.5, 0.6) is 0 Å². The highest BCUT2D eigenvalue weighted by Gasteiger charge is 1.87. The third-order valence-electron chi connectivity index (χ3n) is 0.245. The Hall–Kier alpha value is 0.0600. The van der Waals surface area contributed by atoms with Crippen LogP contribution < -0.4 is 0 Å². The molecule has 0 aromatic rings. The fraction of sp³-hybridized carbons (Fsp3) is 0. The molecule has 0 radical (unpaired) electrons. The van der Waals surface area contributed by atoms with Crippen LogP contribution in [-0.4, -0.2) is 16.4 Å². The minimum absolute atomic E-state index is 1.77. The molecule has 0 fully saturated rings.